The highest BCUT2D eigenvalue weighted by Crippen LogP contribution is 2.19. The molecule has 0 radical (unpaired) electrons. The van der Waals surface area contributed by atoms with Crippen molar-refractivity contribution in [2.24, 2.45) is 0 Å². The molecule has 30 heavy (non-hydrogen) atoms. The Kier molecular flexibility index (Phi) is 7.12. The van der Waals surface area contributed by atoms with Gasteiger partial charge in [-0.25, -0.2) is 4.98 Å². The number of hydrogen-bond donors (Lipinski definition) is 2. The van der Waals surface area contributed by atoms with Crippen LogP contribution in [0.3, 0.4) is 0 Å². The van der Waals surface area contributed by atoms with E-state index in [1.54, 1.807) is 6.20 Å². The first-order chi connectivity index (χ1) is 14.8. The van der Waals surface area contributed by atoms with Gasteiger partial charge in [0.1, 0.15) is 18.2 Å². The molecule has 0 amide bonds. The van der Waals surface area contributed by atoms with Gasteiger partial charge in [-0.3, -0.25) is 4.90 Å². The molecule has 0 aliphatic carbocycles. The molecule has 2 N–H and O–H groups in total. The van der Waals surface area contributed by atoms with E-state index < -0.39 is 0 Å². The summed E-state index contributed by atoms with van der Waals surface area (Å²) >= 11 is 0. The van der Waals surface area contributed by atoms with E-state index in [1.807, 2.05) is 48.5 Å². The van der Waals surface area contributed by atoms with E-state index in [-0.39, 0.29) is 0 Å². The maximum atomic E-state index is 5.90. The van der Waals surface area contributed by atoms with Crippen molar-refractivity contribution in [2.45, 2.75) is 25.8 Å². The minimum absolute atomic E-state index is 0.562. The van der Waals surface area contributed by atoms with E-state index in [2.05, 4.69) is 37.6 Å². The molecule has 1 fully saturated rings. The molecule has 2 heterocycles. The summed E-state index contributed by atoms with van der Waals surface area (Å²) in [5.74, 6) is 2.23. The van der Waals surface area contributed by atoms with Crippen LogP contribution >= 0.6 is 0 Å². The third-order valence-electron chi connectivity index (χ3n) is 5.21. The average molecular weight is 404 g/mol. The van der Waals surface area contributed by atoms with Crippen molar-refractivity contribution >= 4 is 17.5 Å². The molecule has 1 saturated heterocycles. The fourth-order valence-electron chi connectivity index (χ4n) is 3.55. The van der Waals surface area contributed by atoms with E-state index in [4.69, 9.17) is 4.74 Å². The minimum atomic E-state index is 0.562. The van der Waals surface area contributed by atoms with Crippen molar-refractivity contribution in [3.8, 4) is 5.75 Å². The summed E-state index contributed by atoms with van der Waals surface area (Å²) in [5, 5.41) is 6.58. The summed E-state index contributed by atoms with van der Waals surface area (Å²) in [4.78, 5) is 11.3. The summed E-state index contributed by atoms with van der Waals surface area (Å²) < 4.78 is 5.90. The van der Waals surface area contributed by atoms with Gasteiger partial charge >= 0.3 is 0 Å². The van der Waals surface area contributed by atoms with Gasteiger partial charge in [0.15, 0.2) is 0 Å². The zero-order chi connectivity index (χ0) is 20.4. The predicted octanol–water partition coefficient (Wildman–Crippen LogP) is 4.70. The van der Waals surface area contributed by atoms with Gasteiger partial charge in [0, 0.05) is 25.0 Å². The van der Waals surface area contributed by atoms with Gasteiger partial charge in [0.05, 0.1) is 0 Å². The van der Waals surface area contributed by atoms with Gasteiger partial charge in [-0.1, -0.05) is 36.8 Å². The molecule has 0 atom stereocenters. The van der Waals surface area contributed by atoms with Crippen LogP contribution < -0.4 is 15.4 Å². The van der Waals surface area contributed by atoms with Crippen molar-refractivity contribution in [1.29, 1.82) is 0 Å². The van der Waals surface area contributed by atoms with Gasteiger partial charge in [-0.05, 0) is 61.8 Å². The number of aromatic nitrogens is 2. The van der Waals surface area contributed by atoms with Crippen molar-refractivity contribution in [3.63, 3.8) is 0 Å². The molecule has 156 valence electrons. The fraction of sp³-hybridized carbons (Fsp3) is 0.333. The summed E-state index contributed by atoms with van der Waals surface area (Å²) in [6, 6.07) is 20.1. The van der Waals surface area contributed by atoms with E-state index >= 15 is 0 Å². The summed E-state index contributed by atoms with van der Waals surface area (Å²) in [5.41, 5.74) is 2.14. The topological polar surface area (TPSA) is 62.3 Å². The molecule has 0 saturated carbocycles. The number of benzene rings is 2. The second-order valence-corrected chi connectivity index (χ2v) is 7.50. The molecular formula is C24H29N5O. The van der Waals surface area contributed by atoms with Crippen molar-refractivity contribution in [2.75, 3.05) is 36.9 Å². The van der Waals surface area contributed by atoms with E-state index in [0.717, 1.165) is 37.0 Å². The number of likely N-dealkylation sites (tertiary alicyclic amines) is 1. The normalized spacial score (nSPS) is 14.3. The highest BCUT2D eigenvalue weighted by Gasteiger charge is 2.09. The number of ether oxygens (including phenoxy) is 1. The maximum Gasteiger partial charge on any atom is 0.229 e. The quantitative estimate of drug-likeness (QED) is 0.540. The van der Waals surface area contributed by atoms with E-state index in [9.17, 15) is 0 Å². The summed E-state index contributed by atoms with van der Waals surface area (Å²) in [7, 11) is 0. The lowest BCUT2D eigenvalue weighted by atomic mass is 10.1. The molecule has 3 aromatic rings. The number of nitrogens with one attached hydrogen (secondary N) is 2. The monoisotopic (exact) mass is 403 g/mol. The number of rotatable bonds is 9. The molecule has 0 bridgehead atoms. The van der Waals surface area contributed by atoms with Crippen LogP contribution in [0.15, 0.2) is 66.9 Å². The molecule has 6 heteroatoms. The van der Waals surface area contributed by atoms with E-state index in [1.165, 1.54) is 37.9 Å². The number of nitrogens with zero attached hydrogens (tertiary/aromatic N) is 3. The van der Waals surface area contributed by atoms with Crippen LogP contribution in [0.4, 0.5) is 17.5 Å². The van der Waals surface area contributed by atoms with Gasteiger partial charge in [-0.15, -0.1) is 0 Å². The lowest BCUT2D eigenvalue weighted by Crippen LogP contribution is -2.33. The number of anilines is 3. The zero-order valence-corrected chi connectivity index (χ0v) is 17.3. The Balaban J connectivity index is 1.25. The first-order valence-corrected chi connectivity index (χ1v) is 10.7. The third-order valence-corrected chi connectivity index (χ3v) is 5.21. The van der Waals surface area contributed by atoms with Crippen molar-refractivity contribution in [1.82, 2.24) is 14.9 Å². The smallest absolute Gasteiger partial charge is 0.229 e. The second kappa shape index (κ2) is 10.6. The van der Waals surface area contributed by atoms with E-state index in [0.29, 0.717) is 5.95 Å². The second-order valence-electron chi connectivity index (χ2n) is 7.50. The fourth-order valence-corrected chi connectivity index (χ4v) is 3.55. The first kappa shape index (κ1) is 20.2. The molecule has 1 aliphatic heterocycles. The van der Waals surface area contributed by atoms with Crippen LogP contribution in [0, 0.1) is 0 Å². The standard InChI is InChI=1S/C24H29N5O/c1-3-7-20(8-4-1)19-26-23-13-14-25-24(28-23)27-21-9-11-22(12-10-21)30-18-17-29-15-5-2-6-16-29/h1,3-4,7-14H,2,5-6,15-19H2,(H2,25,26,27,28). The third kappa shape index (κ3) is 6.19. The van der Waals surface area contributed by atoms with Crippen LogP contribution in [-0.2, 0) is 6.54 Å². The molecule has 0 spiro atoms. The molecule has 4 rings (SSSR count). The van der Waals surface area contributed by atoms with Crippen molar-refractivity contribution in [3.05, 3.63) is 72.4 Å². The molecule has 1 aromatic heterocycles. The summed E-state index contributed by atoms with van der Waals surface area (Å²) in [6.07, 6.45) is 5.74. The highest BCUT2D eigenvalue weighted by molar-refractivity contribution is 5.55. The Hall–Kier alpha value is -3.12. The largest absolute Gasteiger partial charge is 0.492 e. The Bertz CT molecular complexity index is 895. The van der Waals surface area contributed by atoms with Crippen LogP contribution in [0.1, 0.15) is 24.8 Å². The molecule has 6 nitrogen and oxygen atoms in total. The van der Waals surface area contributed by atoms with Gasteiger partial charge < -0.3 is 15.4 Å². The van der Waals surface area contributed by atoms with Crippen LogP contribution in [0.2, 0.25) is 0 Å². The minimum Gasteiger partial charge on any atom is -0.492 e. The zero-order valence-electron chi connectivity index (χ0n) is 17.3. The molecular weight excluding hydrogens is 374 g/mol. The Morgan fingerprint density at radius 2 is 1.70 bits per heavy atom. The Labute approximate surface area is 178 Å². The number of hydrogen-bond acceptors (Lipinski definition) is 6. The lowest BCUT2D eigenvalue weighted by Gasteiger charge is -2.26. The molecule has 2 aromatic carbocycles. The van der Waals surface area contributed by atoms with Crippen LogP contribution in [-0.4, -0.2) is 41.1 Å². The average Bonchev–Trinajstić information content (AvgIpc) is 2.81. The Morgan fingerprint density at radius 1 is 0.900 bits per heavy atom. The predicted molar refractivity (Wildman–Crippen MR) is 121 cm³/mol. The molecule has 0 unspecified atom stereocenters. The summed E-state index contributed by atoms with van der Waals surface area (Å²) in [6.45, 7) is 4.85. The SMILES string of the molecule is c1ccc(CNc2ccnc(Nc3ccc(OCCN4CCCCC4)cc3)n2)cc1. The highest BCUT2D eigenvalue weighted by atomic mass is 16.5. The Morgan fingerprint density at radius 3 is 2.50 bits per heavy atom. The first-order valence-electron chi connectivity index (χ1n) is 10.7. The van der Waals surface area contributed by atoms with Crippen LogP contribution in [0.5, 0.6) is 5.75 Å². The van der Waals surface area contributed by atoms with Crippen LogP contribution in [0.25, 0.3) is 0 Å². The van der Waals surface area contributed by atoms with Gasteiger partial charge in [0.25, 0.3) is 0 Å². The van der Waals surface area contributed by atoms with Crippen molar-refractivity contribution < 1.29 is 4.74 Å². The lowest BCUT2D eigenvalue weighted by molar-refractivity contribution is 0.183. The molecule has 1 aliphatic rings. The van der Waals surface area contributed by atoms with Gasteiger partial charge in [-0.2, -0.15) is 4.98 Å². The maximum absolute atomic E-state index is 5.90. The van der Waals surface area contributed by atoms with Gasteiger partial charge in [0.2, 0.25) is 5.95 Å². The number of piperidine rings is 1.